The van der Waals surface area contributed by atoms with Crippen LogP contribution in [-0.2, 0) is 0 Å². The molecule has 4 rings (SSSR count). The van der Waals surface area contributed by atoms with E-state index < -0.39 is 0 Å². The van der Waals surface area contributed by atoms with Gasteiger partial charge in [0.1, 0.15) is 0 Å². The van der Waals surface area contributed by atoms with Crippen LogP contribution in [0.25, 0.3) is 0 Å². The summed E-state index contributed by atoms with van der Waals surface area (Å²) in [6.07, 6.45) is 0. The van der Waals surface area contributed by atoms with Crippen molar-refractivity contribution in [2.24, 2.45) is 0 Å². The average Bonchev–Trinajstić information content (AvgIpc) is 2.61. The van der Waals surface area contributed by atoms with Gasteiger partial charge in [-0.25, -0.2) is 0 Å². The zero-order chi connectivity index (χ0) is 16.7. The molecule has 3 aromatic rings. The first-order chi connectivity index (χ1) is 11.7. The van der Waals surface area contributed by atoms with E-state index in [0.29, 0.717) is 22.3 Å². The van der Waals surface area contributed by atoms with Gasteiger partial charge in [-0.3, -0.25) is 9.59 Å². The van der Waals surface area contributed by atoms with Crippen molar-refractivity contribution < 1.29 is 9.59 Å². The Morgan fingerprint density at radius 2 is 1.21 bits per heavy atom. The van der Waals surface area contributed by atoms with Crippen LogP contribution in [0.15, 0.2) is 76.5 Å². The number of hydrogen-bond acceptors (Lipinski definition) is 3. The molecule has 0 bridgehead atoms. The lowest BCUT2D eigenvalue weighted by molar-refractivity contribution is 0.0977. The Hall–Kier alpha value is -2.65. The highest BCUT2D eigenvalue weighted by molar-refractivity contribution is 7.99. The molecule has 0 fully saturated rings. The second-order valence-corrected chi connectivity index (χ2v) is 6.83. The normalized spacial score (nSPS) is 12.7. The number of hydrogen-bond donors (Lipinski definition) is 0. The first-order valence-corrected chi connectivity index (χ1v) is 8.53. The van der Waals surface area contributed by atoms with E-state index in [9.17, 15) is 9.59 Å². The van der Waals surface area contributed by atoms with E-state index in [1.165, 1.54) is 11.8 Å². The quantitative estimate of drug-likeness (QED) is 0.523. The van der Waals surface area contributed by atoms with Gasteiger partial charge in [0.25, 0.3) is 0 Å². The maximum absolute atomic E-state index is 13.0. The van der Waals surface area contributed by atoms with Crippen molar-refractivity contribution in [2.45, 2.75) is 16.7 Å². The molecule has 0 atom stereocenters. The highest BCUT2D eigenvalue weighted by atomic mass is 32.2. The van der Waals surface area contributed by atoms with Crippen LogP contribution in [0.1, 0.15) is 37.4 Å². The SMILES string of the molecule is Cc1ccccc1Sc1cccc2c1C(=O)c1ccccc1C2=O. The molecule has 116 valence electrons. The molecule has 0 spiro atoms. The Labute approximate surface area is 144 Å². The predicted octanol–water partition coefficient (Wildman–Crippen LogP) is 4.92. The lowest BCUT2D eigenvalue weighted by Crippen LogP contribution is -2.21. The Balaban J connectivity index is 1.87. The number of fused-ring (bicyclic) bond motifs is 2. The van der Waals surface area contributed by atoms with E-state index in [4.69, 9.17) is 0 Å². The van der Waals surface area contributed by atoms with Crippen molar-refractivity contribution in [1.82, 2.24) is 0 Å². The van der Waals surface area contributed by atoms with Crippen molar-refractivity contribution in [1.29, 1.82) is 0 Å². The van der Waals surface area contributed by atoms with Crippen molar-refractivity contribution in [3.05, 3.63) is 94.5 Å². The first kappa shape index (κ1) is 14.9. The summed E-state index contributed by atoms with van der Waals surface area (Å²) < 4.78 is 0. The standard InChI is InChI=1S/C21H14O2S/c1-13-7-2-5-11-17(13)24-18-12-6-10-16-19(18)21(23)15-9-4-3-8-14(15)20(16)22/h2-12H,1H3. The molecule has 0 saturated heterocycles. The average molecular weight is 330 g/mol. The number of carbonyl (C=O) groups is 2. The molecule has 3 heteroatoms. The fourth-order valence-electron chi connectivity index (χ4n) is 2.99. The van der Waals surface area contributed by atoms with Crippen molar-refractivity contribution in [3.8, 4) is 0 Å². The summed E-state index contributed by atoms with van der Waals surface area (Å²) in [7, 11) is 0. The number of rotatable bonds is 2. The Morgan fingerprint density at radius 1 is 0.625 bits per heavy atom. The van der Waals surface area contributed by atoms with Crippen LogP contribution in [0.2, 0.25) is 0 Å². The molecule has 0 radical (unpaired) electrons. The fourth-order valence-corrected chi connectivity index (χ4v) is 4.05. The van der Waals surface area contributed by atoms with Gasteiger partial charge in [-0.1, -0.05) is 66.4 Å². The second kappa shape index (κ2) is 5.77. The minimum atomic E-state index is -0.0765. The Bertz CT molecular complexity index is 989. The van der Waals surface area contributed by atoms with Crippen molar-refractivity contribution in [2.75, 3.05) is 0 Å². The van der Waals surface area contributed by atoms with Gasteiger partial charge >= 0.3 is 0 Å². The largest absolute Gasteiger partial charge is 0.289 e. The molecule has 0 unspecified atom stereocenters. The van der Waals surface area contributed by atoms with Crippen LogP contribution >= 0.6 is 11.8 Å². The summed E-state index contributed by atoms with van der Waals surface area (Å²) in [6, 6.07) is 20.6. The van der Waals surface area contributed by atoms with E-state index in [-0.39, 0.29) is 11.6 Å². The third kappa shape index (κ3) is 2.29. The summed E-state index contributed by atoms with van der Waals surface area (Å²) >= 11 is 1.54. The monoisotopic (exact) mass is 330 g/mol. The van der Waals surface area contributed by atoms with Crippen molar-refractivity contribution >= 4 is 23.3 Å². The molecule has 2 nitrogen and oxygen atoms in total. The van der Waals surface area contributed by atoms with Gasteiger partial charge in [-0.15, -0.1) is 0 Å². The van der Waals surface area contributed by atoms with Gasteiger partial charge in [-0.2, -0.15) is 0 Å². The number of aryl methyl sites for hydroxylation is 1. The van der Waals surface area contributed by atoms with Gasteiger partial charge in [0.15, 0.2) is 11.6 Å². The molecule has 0 saturated carbocycles. The molecule has 0 heterocycles. The van der Waals surface area contributed by atoms with Crippen LogP contribution in [0.4, 0.5) is 0 Å². The second-order valence-electron chi connectivity index (χ2n) is 5.75. The molecule has 3 aromatic carbocycles. The van der Waals surface area contributed by atoms with E-state index >= 15 is 0 Å². The summed E-state index contributed by atoms with van der Waals surface area (Å²) in [5.41, 5.74) is 3.16. The molecule has 1 aliphatic carbocycles. The van der Waals surface area contributed by atoms with Crippen LogP contribution in [-0.4, -0.2) is 11.6 Å². The third-order valence-electron chi connectivity index (χ3n) is 4.23. The Morgan fingerprint density at radius 3 is 1.96 bits per heavy atom. The maximum atomic E-state index is 13.0. The summed E-state index contributed by atoms with van der Waals surface area (Å²) in [5, 5.41) is 0. The minimum absolute atomic E-state index is 0.0723. The van der Waals surface area contributed by atoms with Gasteiger partial charge in [0, 0.05) is 32.0 Å². The van der Waals surface area contributed by atoms with Gasteiger partial charge < -0.3 is 0 Å². The Kier molecular flexibility index (Phi) is 3.58. The molecule has 0 amide bonds. The lowest BCUT2D eigenvalue weighted by atomic mass is 9.84. The summed E-state index contributed by atoms with van der Waals surface area (Å²) in [5.74, 6) is -0.149. The van der Waals surface area contributed by atoms with Crippen LogP contribution in [0, 0.1) is 6.92 Å². The highest BCUT2D eigenvalue weighted by Gasteiger charge is 2.31. The minimum Gasteiger partial charge on any atom is -0.289 e. The van der Waals surface area contributed by atoms with Gasteiger partial charge in [0.2, 0.25) is 0 Å². The molecule has 1 aliphatic rings. The number of benzene rings is 3. The van der Waals surface area contributed by atoms with E-state index in [2.05, 4.69) is 0 Å². The van der Waals surface area contributed by atoms with Crippen LogP contribution in [0.3, 0.4) is 0 Å². The van der Waals surface area contributed by atoms with Gasteiger partial charge in [0.05, 0.1) is 0 Å². The van der Waals surface area contributed by atoms with E-state index in [1.54, 1.807) is 30.3 Å². The van der Waals surface area contributed by atoms with E-state index in [0.717, 1.165) is 15.4 Å². The molecule has 0 aliphatic heterocycles. The first-order valence-electron chi connectivity index (χ1n) is 7.72. The van der Waals surface area contributed by atoms with E-state index in [1.807, 2.05) is 43.3 Å². The zero-order valence-corrected chi connectivity index (χ0v) is 13.9. The maximum Gasteiger partial charge on any atom is 0.195 e. The predicted molar refractivity (Wildman–Crippen MR) is 95.1 cm³/mol. The summed E-state index contributed by atoms with van der Waals surface area (Å²) in [6.45, 7) is 2.04. The van der Waals surface area contributed by atoms with Crippen LogP contribution in [0.5, 0.6) is 0 Å². The molecule has 0 aromatic heterocycles. The molecule has 0 N–H and O–H groups in total. The zero-order valence-electron chi connectivity index (χ0n) is 13.1. The van der Waals surface area contributed by atoms with Gasteiger partial charge in [-0.05, 0) is 24.6 Å². The lowest BCUT2D eigenvalue weighted by Gasteiger charge is -2.20. The van der Waals surface area contributed by atoms with Crippen molar-refractivity contribution in [3.63, 3.8) is 0 Å². The smallest absolute Gasteiger partial charge is 0.195 e. The molecular formula is C21H14O2S. The number of carbonyl (C=O) groups excluding carboxylic acids is 2. The molecule has 24 heavy (non-hydrogen) atoms. The van der Waals surface area contributed by atoms with Crippen LogP contribution < -0.4 is 0 Å². The molecular weight excluding hydrogens is 316 g/mol. The third-order valence-corrected chi connectivity index (χ3v) is 5.47. The highest BCUT2D eigenvalue weighted by Crippen LogP contribution is 2.38. The topological polar surface area (TPSA) is 34.1 Å². The fraction of sp³-hybridized carbons (Fsp3) is 0.0476. The summed E-state index contributed by atoms with van der Waals surface area (Å²) in [4.78, 5) is 27.7. The number of ketones is 2.